The lowest BCUT2D eigenvalue weighted by atomic mass is 10.1. The van der Waals surface area contributed by atoms with Crippen molar-refractivity contribution in [1.29, 1.82) is 0 Å². The molecule has 1 atom stereocenters. The summed E-state index contributed by atoms with van der Waals surface area (Å²) in [4.78, 5) is 20.6. The van der Waals surface area contributed by atoms with Gasteiger partial charge in [0.15, 0.2) is 5.75 Å². The Balaban J connectivity index is 2.46. The Labute approximate surface area is 152 Å². The molecule has 138 valence electrons. The van der Waals surface area contributed by atoms with Gasteiger partial charge in [0, 0.05) is 39.1 Å². The fourth-order valence-electron chi connectivity index (χ4n) is 2.17. The SMILES string of the molecule is C=CN(C)/N=C\[C@H](C)Oc1c(-c2ccc(NC)nc2)nc(=O)n(C)c1C. The molecule has 0 aliphatic carbocycles. The molecule has 26 heavy (non-hydrogen) atoms. The summed E-state index contributed by atoms with van der Waals surface area (Å²) < 4.78 is 7.49. The van der Waals surface area contributed by atoms with Crippen LogP contribution in [0.3, 0.4) is 0 Å². The summed E-state index contributed by atoms with van der Waals surface area (Å²) in [5.41, 5.74) is 1.48. The summed E-state index contributed by atoms with van der Waals surface area (Å²) in [6.45, 7) is 7.31. The van der Waals surface area contributed by atoms with Crippen molar-refractivity contribution < 1.29 is 4.74 Å². The highest BCUT2D eigenvalue weighted by molar-refractivity contribution is 5.69. The fraction of sp³-hybridized carbons (Fsp3) is 0.333. The number of rotatable bonds is 7. The number of nitrogens with one attached hydrogen (secondary N) is 1. The van der Waals surface area contributed by atoms with Crippen molar-refractivity contribution in [3.63, 3.8) is 0 Å². The molecule has 0 aliphatic rings. The van der Waals surface area contributed by atoms with E-state index in [0.717, 1.165) is 5.82 Å². The van der Waals surface area contributed by atoms with Crippen LogP contribution in [0.2, 0.25) is 0 Å². The van der Waals surface area contributed by atoms with Gasteiger partial charge in [0.05, 0.1) is 11.9 Å². The molecule has 0 aromatic carbocycles. The van der Waals surface area contributed by atoms with E-state index in [4.69, 9.17) is 4.74 Å². The predicted molar refractivity (Wildman–Crippen MR) is 104 cm³/mol. The Bertz CT molecular complexity index is 857. The molecular formula is C18H24N6O2. The van der Waals surface area contributed by atoms with Crippen molar-refractivity contribution in [2.75, 3.05) is 19.4 Å². The van der Waals surface area contributed by atoms with E-state index in [-0.39, 0.29) is 11.8 Å². The highest BCUT2D eigenvalue weighted by Crippen LogP contribution is 2.30. The zero-order valence-corrected chi connectivity index (χ0v) is 15.7. The van der Waals surface area contributed by atoms with Gasteiger partial charge < -0.3 is 10.1 Å². The summed E-state index contributed by atoms with van der Waals surface area (Å²) in [7, 11) is 5.22. The molecule has 8 heteroatoms. The van der Waals surface area contributed by atoms with Crippen molar-refractivity contribution in [2.45, 2.75) is 20.0 Å². The van der Waals surface area contributed by atoms with Gasteiger partial charge in [0.2, 0.25) is 0 Å². The van der Waals surface area contributed by atoms with Gasteiger partial charge in [-0.05, 0) is 26.0 Å². The van der Waals surface area contributed by atoms with Crippen LogP contribution in [0, 0.1) is 6.92 Å². The number of nitrogens with zero attached hydrogens (tertiary/aromatic N) is 5. The quantitative estimate of drug-likeness (QED) is 0.603. The molecule has 0 amide bonds. The van der Waals surface area contributed by atoms with E-state index in [1.807, 2.05) is 26.0 Å². The van der Waals surface area contributed by atoms with Crippen LogP contribution in [-0.2, 0) is 7.05 Å². The summed E-state index contributed by atoms with van der Waals surface area (Å²) in [6.07, 6.45) is 4.56. The first kappa shape index (κ1) is 19.2. The number of hydrogen-bond acceptors (Lipinski definition) is 7. The van der Waals surface area contributed by atoms with Crippen molar-refractivity contribution in [3.8, 4) is 17.0 Å². The van der Waals surface area contributed by atoms with Crippen molar-refractivity contribution in [1.82, 2.24) is 19.5 Å². The highest BCUT2D eigenvalue weighted by Gasteiger charge is 2.18. The van der Waals surface area contributed by atoms with E-state index in [1.165, 1.54) is 4.57 Å². The van der Waals surface area contributed by atoms with Crippen LogP contribution in [0.1, 0.15) is 12.6 Å². The van der Waals surface area contributed by atoms with E-state index < -0.39 is 0 Å². The molecule has 1 N–H and O–H groups in total. The number of hydrogen-bond donors (Lipinski definition) is 1. The van der Waals surface area contributed by atoms with E-state index in [9.17, 15) is 4.79 Å². The van der Waals surface area contributed by atoms with Crippen LogP contribution >= 0.6 is 0 Å². The average molecular weight is 356 g/mol. The Morgan fingerprint density at radius 2 is 2.19 bits per heavy atom. The molecule has 0 unspecified atom stereocenters. The molecule has 2 rings (SSSR count). The third-order valence-corrected chi connectivity index (χ3v) is 3.86. The molecule has 0 bridgehead atoms. The van der Waals surface area contributed by atoms with Crippen molar-refractivity contribution >= 4 is 12.0 Å². The molecule has 2 aromatic heterocycles. The second kappa shape index (κ2) is 8.28. The minimum Gasteiger partial charge on any atom is -0.481 e. The fourth-order valence-corrected chi connectivity index (χ4v) is 2.17. The van der Waals surface area contributed by atoms with Crippen molar-refractivity contribution in [2.24, 2.45) is 12.1 Å². The van der Waals surface area contributed by atoms with E-state index in [2.05, 4.69) is 27.0 Å². The van der Waals surface area contributed by atoms with Crippen LogP contribution in [0.15, 0.2) is 41.0 Å². The second-order valence-corrected chi connectivity index (χ2v) is 5.74. The number of pyridine rings is 1. The Morgan fingerprint density at radius 1 is 1.46 bits per heavy atom. The lowest BCUT2D eigenvalue weighted by molar-refractivity contribution is 0.283. The van der Waals surface area contributed by atoms with Gasteiger partial charge in [0.1, 0.15) is 17.6 Å². The molecule has 8 nitrogen and oxygen atoms in total. The molecule has 0 saturated heterocycles. The minimum atomic E-state index is -0.352. The summed E-state index contributed by atoms with van der Waals surface area (Å²) in [5, 5.41) is 8.72. The van der Waals surface area contributed by atoms with Crippen molar-refractivity contribution in [3.05, 3.63) is 47.3 Å². The zero-order chi connectivity index (χ0) is 19.3. The van der Waals surface area contributed by atoms with Gasteiger partial charge in [-0.25, -0.2) is 9.78 Å². The molecule has 0 saturated carbocycles. The maximum absolute atomic E-state index is 12.2. The molecule has 2 heterocycles. The Kier molecular flexibility index (Phi) is 6.11. The maximum Gasteiger partial charge on any atom is 0.348 e. The van der Waals surface area contributed by atoms with Crippen LogP contribution in [0.5, 0.6) is 5.75 Å². The average Bonchev–Trinajstić information content (AvgIpc) is 2.66. The normalized spacial score (nSPS) is 12.0. The first-order valence-electron chi connectivity index (χ1n) is 8.15. The first-order valence-corrected chi connectivity index (χ1v) is 8.15. The van der Waals surface area contributed by atoms with E-state index in [0.29, 0.717) is 22.7 Å². The molecular weight excluding hydrogens is 332 g/mol. The molecule has 0 fully saturated rings. The van der Waals surface area contributed by atoms with E-state index in [1.54, 1.807) is 44.8 Å². The first-order chi connectivity index (χ1) is 12.4. The topological polar surface area (TPSA) is 84.6 Å². The minimum absolute atomic E-state index is 0.335. The van der Waals surface area contributed by atoms with Crippen LogP contribution in [0.25, 0.3) is 11.3 Å². The smallest absolute Gasteiger partial charge is 0.348 e. The largest absolute Gasteiger partial charge is 0.481 e. The molecule has 0 radical (unpaired) electrons. The standard InChI is InChI=1S/C18H24N6O2/c1-7-23(5)21-10-12(2)26-17-13(3)24(6)18(25)22-16(17)14-8-9-15(19-4)20-11-14/h7-12H,1H2,2-6H3,(H,19,20)/b21-10-/t12-/m0/s1. The number of aromatic nitrogens is 3. The Morgan fingerprint density at radius 3 is 2.77 bits per heavy atom. The lowest BCUT2D eigenvalue weighted by Gasteiger charge is -2.18. The van der Waals surface area contributed by atoms with Crippen LogP contribution in [0.4, 0.5) is 5.82 Å². The van der Waals surface area contributed by atoms with Gasteiger partial charge in [-0.3, -0.25) is 9.58 Å². The van der Waals surface area contributed by atoms with Gasteiger partial charge in [-0.2, -0.15) is 10.1 Å². The third kappa shape index (κ3) is 4.27. The Hall–Kier alpha value is -3.16. The van der Waals surface area contributed by atoms with Gasteiger partial charge in [0.25, 0.3) is 0 Å². The van der Waals surface area contributed by atoms with Gasteiger partial charge >= 0.3 is 5.69 Å². The number of hydrazone groups is 1. The number of anilines is 1. The summed E-state index contributed by atoms with van der Waals surface area (Å²) >= 11 is 0. The summed E-state index contributed by atoms with van der Waals surface area (Å²) in [5.74, 6) is 1.25. The molecule has 2 aromatic rings. The number of ether oxygens (including phenoxy) is 1. The van der Waals surface area contributed by atoms with E-state index >= 15 is 0 Å². The second-order valence-electron chi connectivity index (χ2n) is 5.74. The monoisotopic (exact) mass is 356 g/mol. The highest BCUT2D eigenvalue weighted by atomic mass is 16.5. The van der Waals surface area contributed by atoms with Gasteiger partial charge in [-0.15, -0.1) is 0 Å². The lowest BCUT2D eigenvalue weighted by Crippen LogP contribution is -2.26. The molecule has 0 aliphatic heterocycles. The van der Waals surface area contributed by atoms with Gasteiger partial charge in [-0.1, -0.05) is 6.58 Å². The third-order valence-electron chi connectivity index (χ3n) is 3.86. The van der Waals surface area contributed by atoms with Crippen LogP contribution in [-0.4, -0.2) is 46.0 Å². The summed E-state index contributed by atoms with van der Waals surface area (Å²) in [6, 6.07) is 3.66. The maximum atomic E-state index is 12.2. The van der Waals surface area contributed by atoms with Crippen LogP contribution < -0.4 is 15.7 Å². The molecule has 0 spiro atoms. The zero-order valence-electron chi connectivity index (χ0n) is 15.7. The predicted octanol–water partition coefficient (Wildman–Crippen LogP) is 2.02.